The molecular formula is C72H128O6. The fraction of sp³-hybridized carbons (Fsp3) is 0.792. The van der Waals surface area contributed by atoms with Crippen molar-refractivity contribution in [1.82, 2.24) is 0 Å². The number of allylic oxidation sites excluding steroid dienone is 12. The summed E-state index contributed by atoms with van der Waals surface area (Å²) < 4.78 is 17.0. The third kappa shape index (κ3) is 63.7. The molecular weight excluding hydrogens is 961 g/mol. The Morgan fingerprint density at radius 1 is 0.269 bits per heavy atom. The number of unbranched alkanes of at least 4 members (excludes halogenated alkanes) is 39. The van der Waals surface area contributed by atoms with Crippen molar-refractivity contribution in [2.45, 2.75) is 354 Å². The number of carbonyl (C=O) groups excluding carboxylic acids is 3. The summed E-state index contributed by atoms with van der Waals surface area (Å²) in [6.45, 7) is 6.56. The van der Waals surface area contributed by atoms with Crippen molar-refractivity contribution in [3.05, 3.63) is 72.9 Å². The van der Waals surface area contributed by atoms with E-state index in [1.54, 1.807) is 0 Å². The zero-order valence-corrected chi connectivity index (χ0v) is 51.9. The second-order valence-electron chi connectivity index (χ2n) is 22.7. The molecule has 0 amide bonds. The van der Waals surface area contributed by atoms with E-state index < -0.39 is 6.10 Å². The molecule has 0 saturated carbocycles. The molecule has 78 heavy (non-hydrogen) atoms. The van der Waals surface area contributed by atoms with Gasteiger partial charge >= 0.3 is 17.9 Å². The second-order valence-corrected chi connectivity index (χ2v) is 22.7. The molecule has 0 saturated heterocycles. The molecule has 0 N–H and O–H groups in total. The zero-order chi connectivity index (χ0) is 56.4. The van der Waals surface area contributed by atoms with E-state index in [9.17, 15) is 14.4 Å². The number of esters is 3. The first kappa shape index (κ1) is 74.8. The van der Waals surface area contributed by atoms with Crippen LogP contribution in [0.1, 0.15) is 348 Å². The van der Waals surface area contributed by atoms with Crippen LogP contribution in [-0.4, -0.2) is 37.2 Å². The molecule has 0 bridgehead atoms. The monoisotopic (exact) mass is 1090 g/mol. The van der Waals surface area contributed by atoms with E-state index in [1.807, 2.05) is 0 Å². The molecule has 0 aliphatic heterocycles. The lowest BCUT2D eigenvalue weighted by Crippen LogP contribution is -2.30. The minimum absolute atomic E-state index is 0.0749. The molecule has 0 heterocycles. The topological polar surface area (TPSA) is 78.9 Å². The van der Waals surface area contributed by atoms with Crippen LogP contribution in [0.15, 0.2) is 72.9 Å². The Kier molecular flexibility index (Phi) is 63.7. The fourth-order valence-corrected chi connectivity index (χ4v) is 9.88. The van der Waals surface area contributed by atoms with Crippen LogP contribution in [0.3, 0.4) is 0 Å². The zero-order valence-electron chi connectivity index (χ0n) is 51.9. The minimum atomic E-state index is -0.780. The van der Waals surface area contributed by atoms with Gasteiger partial charge in [0, 0.05) is 19.3 Å². The molecule has 0 radical (unpaired) electrons. The van der Waals surface area contributed by atoms with Gasteiger partial charge in [-0.25, -0.2) is 0 Å². The van der Waals surface area contributed by atoms with Crippen LogP contribution in [0.4, 0.5) is 0 Å². The third-order valence-corrected chi connectivity index (χ3v) is 14.9. The minimum Gasteiger partial charge on any atom is -0.462 e. The van der Waals surface area contributed by atoms with Crippen LogP contribution in [-0.2, 0) is 28.6 Å². The van der Waals surface area contributed by atoms with Crippen LogP contribution in [0.25, 0.3) is 0 Å². The second kappa shape index (κ2) is 66.4. The van der Waals surface area contributed by atoms with Gasteiger partial charge < -0.3 is 14.2 Å². The molecule has 6 heteroatoms. The van der Waals surface area contributed by atoms with E-state index in [4.69, 9.17) is 14.2 Å². The fourth-order valence-electron chi connectivity index (χ4n) is 9.88. The molecule has 0 spiro atoms. The van der Waals surface area contributed by atoms with Gasteiger partial charge in [0.1, 0.15) is 13.2 Å². The van der Waals surface area contributed by atoms with Gasteiger partial charge in [-0.1, -0.05) is 312 Å². The molecule has 0 aliphatic rings. The maximum Gasteiger partial charge on any atom is 0.306 e. The van der Waals surface area contributed by atoms with Crippen molar-refractivity contribution in [2.24, 2.45) is 0 Å². The highest BCUT2D eigenvalue weighted by molar-refractivity contribution is 5.71. The summed E-state index contributed by atoms with van der Waals surface area (Å²) in [4.78, 5) is 38.4. The van der Waals surface area contributed by atoms with Crippen LogP contribution in [0, 0.1) is 0 Å². The Morgan fingerprint density at radius 3 is 0.795 bits per heavy atom. The Morgan fingerprint density at radius 2 is 0.500 bits per heavy atom. The maximum absolute atomic E-state index is 12.9. The average molecular weight is 1090 g/mol. The van der Waals surface area contributed by atoms with Gasteiger partial charge in [0.2, 0.25) is 0 Å². The highest BCUT2D eigenvalue weighted by atomic mass is 16.6. The molecule has 0 rings (SSSR count). The number of hydrogen-bond acceptors (Lipinski definition) is 6. The Hall–Kier alpha value is -3.15. The predicted molar refractivity (Wildman–Crippen MR) is 339 cm³/mol. The van der Waals surface area contributed by atoms with Gasteiger partial charge in [-0.2, -0.15) is 0 Å². The summed E-state index contributed by atoms with van der Waals surface area (Å²) >= 11 is 0. The molecule has 1 atom stereocenters. The highest BCUT2D eigenvalue weighted by Crippen LogP contribution is 2.17. The lowest BCUT2D eigenvalue weighted by atomic mass is 10.0. The first-order valence-corrected chi connectivity index (χ1v) is 33.9. The molecule has 452 valence electrons. The van der Waals surface area contributed by atoms with Crippen LogP contribution < -0.4 is 0 Å². The highest BCUT2D eigenvalue weighted by Gasteiger charge is 2.19. The lowest BCUT2D eigenvalue weighted by molar-refractivity contribution is -0.167. The molecule has 0 aromatic heterocycles. The van der Waals surface area contributed by atoms with E-state index in [0.717, 1.165) is 96.3 Å². The number of hydrogen-bond donors (Lipinski definition) is 0. The largest absolute Gasteiger partial charge is 0.462 e. The molecule has 0 aromatic rings. The van der Waals surface area contributed by atoms with Gasteiger partial charge in [-0.3, -0.25) is 14.4 Å². The SMILES string of the molecule is CC/C=C\C/C=C\C/C=C\C/C=C\CCCCCCCCCCCCCCC(=O)OCC(COC(=O)CCCCCCCCCCCCCCCCCCC)OC(=O)CCCCCCCCC/C=C\C/C=C\CCCCCC. The number of rotatable bonds is 62. The van der Waals surface area contributed by atoms with Crippen LogP contribution >= 0.6 is 0 Å². The van der Waals surface area contributed by atoms with Crippen molar-refractivity contribution in [2.75, 3.05) is 13.2 Å². The summed E-state index contributed by atoms with van der Waals surface area (Å²) in [5, 5.41) is 0. The predicted octanol–water partition coefficient (Wildman–Crippen LogP) is 23.3. The van der Waals surface area contributed by atoms with Crippen molar-refractivity contribution < 1.29 is 28.6 Å². The Bertz CT molecular complexity index is 1440. The van der Waals surface area contributed by atoms with Crippen molar-refractivity contribution in [1.29, 1.82) is 0 Å². The summed E-state index contributed by atoms with van der Waals surface area (Å²) in [5.74, 6) is -0.864. The maximum atomic E-state index is 12.9. The van der Waals surface area contributed by atoms with Crippen molar-refractivity contribution in [3.8, 4) is 0 Å². The molecule has 1 unspecified atom stereocenters. The summed E-state index contributed by atoms with van der Waals surface area (Å²) in [7, 11) is 0. The van der Waals surface area contributed by atoms with Crippen LogP contribution in [0.5, 0.6) is 0 Å². The van der Waals surface area contributed by atoms with Gasteiger partial charge in [0.25, 0.3) is 0 Å². The molecule has 0 aliphatic carbocycles. The first-order chi connectivity index (χ1) is 38.5. The summed E-state index contributed by atoms with van der Waals surface area (Å²) in [6, 6.07) is 0. The Labute approximate surface area is 484 Å². The van der Waals surface area contributed by atoms with E-state index in [0.29, 0.717) is 19.3 Å². The van der Waals surface area contributed by atoms with Gasteiger partial charge in [-0.15, -0.1) is 0 Å². The van der Waals surface area contributed by atoms with E-state index >= 15 is 0 Å². The van der Waals surface area contributed by atoms with Crippen LogP contribution in [0.2, 0.25) is 0 Å². The molecule has 0 aromatic carbocycles. The van der Waals surface area contributed by atoms with Crippen molar-refractivity contribution in [3.63, 3.8) is 0 Å². The van der Waals surface area contributed by atoms with E-state index in [2.05, 4.69) is 93.7 Å². The smallest absolute Gasteiger partial charge is 0.306 e. The lowest BCUT2D eigenvalue weighted by Gasteiger charge is -2.18. The standard InChI is InChI=1S/C72H128O6/c1-4-7-10-13-16-19-22-25-28-31-33-34-35-36-37-38-39-42-44-47-50-53-56-59-62-65-71(74)77-68-69(67-76-70(73)64-61-58-55-52-49-46-43-40-30-27-24-21-18-15-12-9-6-3)78-72(75)66-63-60-57-54-51-48-45-41-32-29-26-23-20-17-14-11-8-5-2/h7,10,16,19-20,23,25,28-29,32-34,69H,4-6,8-9,11-15,17-18,21-22,24,26-27,30-31,35-68H2,1-3H3/b10-7-,19-16-,23-20-,28-25-,32-29-,34-33-. The summed E-state index contributed by atoms with van der Waals surface area (Å²) in [6.07, 6.45) is 86.2. The van der Waals surface area contributed by atoms with Gasteiger partial charge in [-0.05, 0) is 89.9 Å². The third-order valence-electron chi connectivity index (χ3n) is 14.9. The molecule has 6 nitrogen and oxygen atoms in total. The van der Waals surface area contributed by atoms with Gasteiger partial charge in [0.15, 0.2) is 6.10 Å². The van der Waals surface area contributed by atoms with E-state index in [1.165, 1.54) is 212 Å². The first-order valence-electron chi connectivity index (χ1n) is 33.9. The van der Waals surface area contributed by atoms with E-state index in [-0.39, 0.29) is 31.1 Å². The molecule has 0 fully saturated rings. The summed E-state index contributed by atoms with van der Waals surface area (Å²) in [5.41, 5.74) is 0. The normalized spacial score (nSPS) is 12.5. The number of carbonyl (C=O) groups is 3. The van der Waals surface area contributed by atoms with Gasteiger partial charge in [0.05, 0.1) is 0 Å². The van der Waals surface area contributed by atoms with Crippen molar-refractivity contribution >= 4 is 17.9 Å². The number of ether oxygens (including phenoxy) is 3. The Balaban J connectivity index is 4.33. The quantitative estimate of drug-likeness (QED) is 0.0261. The average Bonchev–Trinajstić information content (AvgIpc) is 3.44.